The van der Waals surface area contributed by atoms with E-state index in [-0.39, 0.29) is 25.9 Å². The van der Waals surface area contributed by atoms with Crippen molar-refractivity contribution < 1.29 is 29.2 Å². The van der Waals surface area contributed by atoms with Gasteiger partial charge in [0.05, 0.1) is 29.4 Å². The van der Waals surface area contributed by atoms with Crippen LogP contribution in [0.4, 0.5) is 0 Å². The van der Waals surface area contributed by atoms with Gasteiger partial charge in [0.1, 0.15) is 37.9 Å². The van der Waals surface area contributed by atoms with Crippen molar-refractivity contribution in [2.75, 3.05) is 26.4 Å². The van der Waals surface area contributed by atoms with E-state index in [9.17, 15) is 15.5 Å². The number of aliphatic hydroxyl groups excluding tert-OH is 2. The van der Waals surface area contributed by atoms with Crippen LogP contribution in [0.3, 0.4) is 0 Å². The number of hydrogen-bond acceptors (Lipinski definition) is 8. The topological polar surface area (TPSA) is 104 Å². The fourth-order valence-electron chi connectivity index (χ4n) is 5.92. The monoisotopic (exact) mass is 626 g/mol. The minimum absolute atomic E-state index is 0.0478. The second kappa shape index (κ2) is 13.8. The van der Waals surface area contributed by atoms with E-state index in [1.807, 2.05) is 53.4 Å². The Kier molecular flexibility index (Phi) is 9.43. The summed E-state index contributed by atoms with van der Waals surface area (Å²) in [6.45, 7) is 4.52. The Morgan fingerprint density at radius 3 is 2.56 bits per heavy atom. The van der Waals surface area contributed by atoms with Crippen LogP contribution in [-0.4, -0.2) is 53.6 Å². The van der Waals surface area contributed by atoms with Crippen molar-refractivity contribution in [3.05, 3.63) is 106 Å². The van der Waals surface area contributed by atoms with Gasteiger partial charge in [0.15, 0.2) is 11.5 Å². The van der Waals surface area contributed by atoms with E-state index in [4.69, 9.17) is 30.5 Å². The van der Waals surface area contributed by atoms with Gasteiger partial charge in [-0.2, -0.15) is 5.26 Å². The molecule has 1 fully saturated rings. The highest BCUT2D eigenvalue weighted by molar-refractivity contribution is 6.32. The first kappa shape index (κ1) is 30.8. The molecule has 0 aliphatic carbocycles. The van der Waals surface area contributed by atoms with Crippen molar-refractivity contribution in [2.45, 2.75) is 45.2 Å². The van der Waals surface area contributed by atoms with Gasteiger partial charge in [-0.25, -0.2) is 0 Å². The first-order chi connectivity index (χ1) is 21.9. The zero-order valence-corrected chi connectivity index (χ0v) is 25.8. The van der Waals surface area contributed by atoms with E-state index >= 15 is 0 Å². The number of ether oxygens (including phenoxy) is 4. The molecule has 4 aromatic rings. The molecule has 0 unspecified atom stereocenters. The third-order valence-corrected chi connectivity index (χ3v) is 8.63. The highest BCUT2D eigenvalue weighted by Crippen LogP contribution is 2.38. The molecule has 8 nitrogen and oxygen atoms in total. The van der Waals surface area contributed by atoms with Crippen molar-refractivity contribution in [2.24, 2.45) is 0 Å². The second-order valence-corrected chi connectivity index (χ2v) is 11.8. The highest BCUT2D eigenvalue weighted by Gasteiger charge is 2.31. The molecule has 2 N–H and O–H groups in total. The van der Waals surface area contributed by atoms with Crippen LogP contribution in [0, 0.1) is 18.3 Å². The molecule has 0 spiro atoms. The number of hydrogen-bond donors (Lipinski definition) is 2. The van der Waals surface area contributed by atoms with Crippen LogP contribution in [0.1, 0.15) is 34.2 Å². The van der Waals surface area contributed by atoms with Crippen molar-refractivity contribution in [1.29, 1.82) is 5.26 Å². The normalized spacial score (nSPS) is 17.6. The number of nitriles is 1. The summed E-state index contributed by atoms with van der Waals surface area (Å²) in [6, 6.07) is 25.0. The third kappa shape index (κ3) is 7.03. The van der Waals surface area contributed by atoms with Crippen LogP contribution in [0.15, 0.2) is 72.8 Å². The average molecular weight is 627 g/mol. The van der Waals surface area contributed by atoms with Gasteiger partial charge in [0.25, 0.3) is 0 Å². The minimum atomic E-state index is -0.500. The molecular weight excluding hydrogens is 592 g/mol. The Bertz CT molecular complexity index is 1720. The molecule has 2 aliphatic heterocycles. The number of β-amino-alcohol motifs (C(OH)–C–C–N with tert-alkyl or cyclic N) is 1. The Labute approximate surface area is 267 Å². The van der Waals surface area contributed by atoms with Gasteiger partial charge in [-0.05, 0) is 71.5 Å². The van der Waals surface area contributed by atoms with Crippen LogP contribution in [-0.2, 0) is 19.8 Å². The standard InChI is InChI=1S/C36H35ClN2O6/c1-23-27(6-3-7-31(23)26-8-9-33-36(14-26)43-11-10-42-33)22-45-35-16-34(44-21-25-5-2-4-24(12-25)17-38)28(13-32(35)37)18-39-19-30(41)15-29(39)20-40/h2-9,12-14,16,29-30,40-41H,10-11,15,18-22H2,1H3/t29-,30+/m1/s1. The van der Waals surface area contributed by atoms with Crippen LogP contribution >= 0.6 is 11.6 Å². The van der Waals surface area contributed by atoms with Crippen LogP contribution in [0.2, 0.25) is 5.02 Å². The van der Waals surface area contributed by atoms with E-state index < -0.39 is 6.10 Å². The lowest BCUT2D eigenvalue weighted by Crippen LogP contribution is -2.32. The lowest BCUT2D eigenvalue weighted by Gasteiger charge is -2.24. The lowest BCUT2D eigenvalue weighted by atomic mass is 9.96. The van der Waals surface area contributed by atoms with E-state index in [0.717, 1.165) is 44.9 Å². The fraction of sp³-hybridized carbons (Fsp3) is 0.306. The van der Waals surface area contributed by atoms with Gasteiger partial charge in [0, 0.05) is 30.8 Å². The number of halogens is 1. The maximum atomic E-state index is 10.2. The average Bonchev–Trinajstić information content (AvgIpc) is 3.42. The summed E-state index contributed by atoms with van der Waals surface area (Å²) in [6.07, 6.45) is 0.00671. The quantitative estimate of drug-likeness (QED) is 0.219. The summed E-state index contributed by atoms with van der Waals surface area (Å²) < 4.78 is 24.1. The van der Waals surface area contributed by atoms with Gasteiger partial charge in [-0.15, -0.1) is 0 Å². The van der Waals surface area contributed by atoms with Crippen molar-refractivity contribution in [3.63, 3.8) is 0 Å². The van der Waals surface area contributed by atoms with Crippen LogP contribution < -0.4 is 18.9 Å². The molecule has 0 bridgehead atoms. The Balaban J connectivity index is 1.24. The SMILES string of the molecule is Cc1c(COc2cc(OCc3cccc(C#N)c3)c(CN3C[C@@H](O)C[C@@H]3CO)cc2Cl)cccc1-c1ccc2c(c1)OCCO2. The Morgan fingerprint density at radius 1 is 0.933 bits per heavy atom. The smallest absolute Gasteiger partial charge is 0.161 e. The lowest BCUT2D eigenvalue weighted by molar-refractivity contribution is 0.148. The van der Waals surface area contributed by atoms with Gasteiger partial charge >= 0.3 is 0 Å². The molecule has 0 aromatic heterocycles. The Hall–Kier alpha value is -4.26. The first-order valence-electron chi connectivity index (χ1n) is 15.0. The minimum Gasteiger partial charge on any atom is -0.488 e. The largest absolute Gasteiger partial charge is 0.488 e. The zero-order valence-electron chi connectivity index (χ0n) is 25.0. The van der Waals surface area contributed by atoms with Gasteiger partial charge in [-0.3, -0.25) is 4.90 Å². The van der Waals surface area contributed by atoms with E-state index in [1.165, 1.54) is 0 Å². The summed E-state index contributed by atoms with van der Waals surface area (Å²) >= 11 is 6.78. The predicted octanol–water partition coefficient (Wildman–Crippen LogP) is 6.04. The molecule has 0 amide bonds. The zero-order chi connectivity index (χ0) is 31.3. The maximum Gasteiger partial charge on any atom is 0.161 e. The number of rotatable bonds is 10. The summed E-state index contributed by atoms with van der Waals surface area (Å²) in [5.74, 6) is 2.55. The summed E-state index contributed by atoms with van der Waals surface area (Å²) in [5.41, 5.74) is 6.42. The molecule has 2 heterocycles. The molecule has 2 atom stereocenters. The number of fused-ring (bicyclic) bond motifs is 1. The number of benzene rings is 4. The molecule has 9 heteroatoms. The van der Waals surface area contributed by atoms with E-state index in [0.29, 0.717) is 54.8 Å². The number of nitrogens with zero attached hydrogens (tertiary/aromatic N) is 2. The van der Waals surface area contributed by atoms with Gasteiger partial charge in [-0.1, -0.05) is 48.0 Å². The summed E-state index contributed by atoms with van der Waals surface area (Å²) in [4.78, 5) is 2.03. The third-order valence-electron chi connectivity index (χ3n) is 8.34. The molecule has 4 aromatic carbocycles. The molecule has 2 aliphatic rings. The van der Waals surface area contributed by atoms with E-state index in [2.05, 4.69) is 19.1 Å². The molecule has 45 heavy (non-hydrogen) atoms. The summed E-state index contributed by atoms with van der Waals surface area (Å²) in [5, 5.41) is 29.8. The number of aliphatic hydroxyl groups is 2. The van der Waals surface area contributed by atoms with E-state index in [1.54, 1.807) is 18.2 Å². The van der Waals surface area contributed by atoms with Crippen LogP contribution in [0.25, 0.3) is 11.1 Å². The molecule has 1 saturated heterocycles. The molecule has 6 rings (SSSR count). The number of likely N-dealkylation sites (tertiary alicyclic amines) is 1. The molecular formula is C36H35ClN2O6. The van der Waals surface area contributed by atoms with Crippen molar-refractivity contribution in [1.82, 2.24) is 4.90 Å². The Morgan fingerprint density at radius 2 is 1.73 bits per heavy atom. The van der Waals surface area contributed by atoms with Crippen molar-refractivity contribution in [3.8, 4) is 40.2 Å². The summed E-state index contributed by atoms with van der Waals surface area (Å²) in [7, 11) is 0. The second-order valence-electron chi connectivity index (χ2n) is 11.4. The fourth-order valence-corrected chi connectivity index (χ4v) is 6.16. The highest BCUT2D eigenvalue weighted by atomic mass is 35.5. The van der Waals surface area contributed by atoms with Crippen LogP contribution in [0.5, 0.6) is 23.0 Å². The van der Waals surface area contributed by atoms with Crippen molar-refractivity contribution >= 4 is 11.6 Å². The molecule has 0 radical (unpaired) electrons. The first-order valence-corrected chi connectivity index (χ1v) is 15.4. The molecule has 0 saturated carbocycles. The maximum absolute atomic E-state index is 10.2. The van der Waals surface area contributed by atoms with Gasteiger partial charge < -0.3 is 29.2 Å². The molecule has 232 valence electrons. The predicted molar refractivity (Wildman–Crippen MR) is 171 cm³/mol. The van der Waals surface area contributed by atoms with Gasteiger partial charge in [0.2, 0.25) is 0 Å².